The number of hydrogen-bond donors (Lipinski definition) is 1. The summed E-state index contributed by atoms with van der Waals surface area (Å²) in [6, 6.07) is 14.0. The molecule has 26 heavy (non-hydrogen) atoms. The van der Waals surface area contributed by atoms with Crippen LogP contribution >= 0.6 is 11.3 Å². The van der Waals surface area contributed by atoms with Crippen LogP contribution in [0.15, 0.2) is 59.0 Å². The lowest BCUT2D eigenvalue weighted by Crippen LogP contribution is -2.00. The molecule has 0 aliphatic carbocycles. The zero-order valence-electron chi connectivity index (χ0n) is 14.2. The molecular weight excluding hydrogens is 352 g/mol. The maximum absolute atomic E-state index is 10.9. The van der Waals surface area contributed by atoms with Crippen LogP contribution in [0, 0.1) is 10.1 Å². The fourth-order valence-corrected chi connectivity index (χ4v) is 2.92. The second-order valence-electron chi connectivity index (χ2n) is 5.38. The highest BCUT2D eigenvalue weighted by atomic mass is 32.1. The summed E-state index contributed by atoms with van der Waals surface area (Å²) < 4.78 is 5.15. The van der Waals surface area contributed by atoms with E-state index in [4.69, 9.17) is 4.74 Å². The molecule has 1 N–H and O–H groups in total. The molecule has 3 rings (SSSR count). The van der Waals surface area contributed by atoms with Crippen LogP contribution in [-0.4, -0.2) is 22.7 Å². The van der Waals surface area contributed by atoms with E-state index in [0.717, 1.165) is 17.0 Å². The van der Waals surface area contributed by atoms with Gasteiger partial charge in [-0.15, -0.1) is 11.3 Å². The van der Waals surface area contributed by atoms with E-state index in [0.29, 0.717) is 16.4 Å². The quantitative estimate of drug-likeness (QED) is 0.391. The van der Waals surface area contributed by atoms with Crippen molar-refractivity contribution in [3.05, 3.63) is 69.6 Å². The van der Waals surface area contributed by atoms with Crippen molar-refractivity contribution in [2.45, 2.75) is 6.92 Å². The van der Waals surface area contributed by atoms with Crippen LogP contribution in [-0.2, 0) is 0 Å². The van der Waals surface area contributed by atoms with E-state index in [1.165, 1.54) is 23.5 Å². The Morgan fingerprint density at radius 2 is 2.04 bits per heavy atom. The number of non-ortho nitro benzene ring substituents is 1. The van der Waals surface area contributed by atoms with Gasteiger partial charge in [-0.25, -0.2) is 4.98 Å². The molecule has 0 unspecified atom stereocenters. The molecule has 132 valence electrons. The molecule has 8 heteroatoms. The Bertz CT molecular complexity index is 951. The van der Waals surface area contributed by atoms with Gasteiger partial charge in [-0.05, 0) is 31.2 Å². The summed E-state index contributed by atoms with van der Waals surface area (Å²) in [5, 5.41) is 17.7. The number of nitro groups is 1. The number of methoxy groups -OCH3 is 1. The van der Waals surface area contributed by atoms with E-state index >= 15 is 0 Å². The van der Waals surface area contributed by atoms with Crippen LogP contribution in [0.3, 0.4) is 0 Å². The number of nitro benzene ring substituents is 1. The first-order valence-corrected chi connectivity index (χ1v) is 8.60. The Morgan fingerprint density at radius 1 is 1.27 bits per heavy atom. The number of benzene rings is 2. The first-order chi connectivity index (χ1) is 12.6. The van der Waals surface area contributed by atoms with Crippen LogP contribution in [0.5, 0.6) is 5.75 Å². The molecule has 0 radical (unpaired) electrons. The van der Waals surface area contributed by atoms with Gasteiger partial charge in [-0.2, -0.15) is 5.10 Å². The van der Waals surface area contributed by atoms with E-state index in [2.05, 4.69) is 15.5 Å². The molecule has 0 spiro atoms. The van der Waals surface area contributed by atoms with Gasteiger partial charge < -0.3 is 4.74 Å². The van der Waals surface area contributed by atoms with Gasteiger partial charge in [-0.1, -0.05) is 12.1 Å². The van der Waals surface area contributed by atoms with Crippen molar-refractivity contribution in [3.63, 3.8) is 0 Å². The molecule has 2 aromatic carbocycles. The van der Waals surface area contributed by atoms with Crippen molar-refractivity contribution in [1.29, 1.82) is 0 Å². The molecule has 3 aromatic rings. The number of anilines is 1. The second kappa shape index (κ2) is 7.75. The maximum Gasteiger partial charge on any atom is 0.270 e. The minimum atomic E-state index is -0.424. The minimum Gasteiger partial charge on any atom is -0.497 e. The first-order valence-electron chi connectivity index (χ1n) is 7.72. The van der Waals surface area contributed by atoms with E-state index in [1.54, 1.807) is 26.2 Å². The molecule has 0 saturated carbocycles. The van der Waals surface area contributed by atoms with Gasteiger partial charge in [0.25, 0.3) is 5.69 Å². The fraction of sp³-hybridized carbons (Fsp3) is 0.111. The number of nitrogens with one attached hydrogen (secondary N) is 1. The monoisotopic (exact) mass is 368 g/mol. The molecule has 0 amide bonds. The minimum absolute atomic E-state index is 0.0353. The van der Waals surface area contributed by atoms with Gasteiger partial charge >= 0.3 is 0 Å². The lowest BCUT2D eigenvalue weighted by molar-refractivity contribution is -0.384. The average molecular weight is 368 g/mol. The molecular formula is C18H16N4O3S. The standard InChI is InChI=1S/C18H16N4O3S/c1-12(14-4-3-5-15(10-14)22(23)24)20-21-18-19-17(11-26-18)13-6-8-16(25-2)9-7-13/h3-11H,1-2H3,(H,19,21)/b20-12+. The molecule has 1 heterocycles. The summed E-state index contributed by atoms with van der Waals surface area (Å²) in [5.74, 6) is 0.791. The normalized spacial score (nSPS) is 11.2. The highest BCUT2D eigenvalue weighted by Crippen LogP contribution is 2.26. The number of thiazole rings is 1. The third-order valence-corrected chi connectivity index (χ3v) is 4.43. The summed E-state index contributed by atoms with van der Waals surface area (Å²) in [4.78, 5) is 14.9. The SMILES string of the molecule is COc1ccc(-c2csc(N/N=C(\C)c3cccc([N+](=O)[O-])c3)n2)cc1. The number of nitrogens with zero attached hydrogens (tertiary/aromatic N) is 3. The molecule has 0 aliphatic rings. The highest BCUT2D eigenvalue weighted by Gasteiger charge is 2.08. The van der Waals surface area contributed by atoms with Crippen LogP contribution in [0.4, 0.5) is 10.8 Å². The lowest BCUT2D eigenvalue weighted by Gasteiger charge is -2.02. The third-order valence-electron chi connectivity index (χ3n) is 3.68. The largest absolute Gasteiger partial charge is 0.497 e. The second-order valence-corrected chi connectivity index (χ2v) is 6.24. The smallest absolute Gasteiger partial charge is 0.270 e. The van der Waals surface area contributed by atoms with Gasteiger partial charge in [0.15, 0.2) is 0 Å². The Hall–Kier alpha value is -3.26. The molecule has 1 aromatic heterocycles. The van der Waals surface area contributed by atoms with Gasteiger partial charge in [0.05, 0.1) is 23.4 Å². The Kier molecular flexibility index (Phi) is 5.23. The fourth-order valence-electron chi connectivity index (χ4n) is 2.26. The van der Waals surface area contributed by atoms with Crippen LogP contribution in [0.25, 0.3) is 11.3 Å². The molecule has 7 nitrogen and oxygen atoms in total. The van der Waals surface area contributed by atoms with E-state index < -0.39 is 4.92 Å². The number of ether oxygens (including phenoxy) is 1. The predicted molar refractivity (Wildman–Crippen MR) is 103 cm³/mol. The topological polar surface area (TPSA) is 89.6 Å². The number of rotatable bonds is 6. The predicted octanol–water partition coefficient (Wildman–Crippen LogP) is 4.56. The van der Waals surface area contributed by atoms with Crippen LogP contribution in [0.2, 0.25) is 0 Å². The number of aromatic nitrogens is 1. The number of hydrazone groups is 1. The molecule has 0 fully saturated rings. The first kappa shape index (κ1) is 17.6. The lowest BCUT2D eigenvalue weighted by atomic mass is 10.1. The molecule has 0 saturated heterocycles. The van der Waals surface area contributed by atoms with Crippen molar-refractivity contribution in [3.8, 4) is 17.0 Å². The van der Waals surface area contributed by atoms with Crippen LogP contribution < -0.4 is 10.2 Å². The summed E-state index contributed by atoms with van der Waals surface area (Å²) >= 11 is 1.43. The Labute approximate surface area is 154 Å². The van der Waals surface area contributed by atoms with Crippen LogP contribution in [0.1, 0.15) is 12.5 Å². The third kappa shape index (κ3) is 4.04. The Balaban J connectivity index is 1.73. The van der Waals surface area contributed by atoms with E-state index in [1.807, 2.05) is 29.6 Å². The van der Waals surface area contributed by atoms with Crippen molar-refractivity contribution in [2.75, 3.05) is 12.5 Å². The summed E-state index contributed by atoms with van der Waals surface area (Å²) in [5.41, 5.74) is 6.07. The summed E-state index contributed by atoms with van der Waals surface area (Å²) in [7, 11) is 1.63. The number of hydrogen-bond acceptors (Lipinski definition) is 7. The zero-order chi connectivity index (χ0) is 18.5. The van der Waals surface area contributed by atoms with Gasteiger partial charge in [0.2, 0.25) is 5.13 Å². The highest BCUT2D eigenvalue weighted by molar-refractivity contribution is 7.14. The van der Waals surface area contributed by atoms with Gasteiger partial charge in [-0.3, -0.25) is 15.5 Å². The van der Waals surface area contributed by atoms with Crippen molar-refractivity contribution in [1.82, 2.24) is 4.98 Å². The molecule has 0 bridgehead atoms. The molecule has 0 atom stereocenters. The van der Waals surface area contributed by atoms with Crippen molar-refractivity contribution >= 4 is 27.9 Å². The summed E-state index contributed by atoms with van der Waals surface area (Å²) in [6.45, 7) is 1.78. The Morgan fingerprint density at radius 3 is 2.73 bits per heavy atom. The van der Waals surface area contributed by atoms with Crippen molar-refractivity contribution < 1.29 is 9.66 Å². The van der Waals surface area contributed by atoms with Gasteiger partial charge in [0.1, 0.15) is 5.75 Å². The average Bonchev–Trinajstić information content (AvgIpc) is 3.15. The van der Waals surface area contributed by atoms with E-state index in [-0.39, 0.29) is 5.69 Å². The zero-order valence-corrected chi connectivity index (χ0v) is 15.0. The van der Waals surface area contributed by atoms with Crippen molar-refractivity contribution in [2.24, 2.45) is 5.10 Å². The van der Waals surface area contributed by atoms with Gasteiger partial charge in [0, 0.05) is 28.6 Å². The summed E-state index contributed by atoms with van der Waals surface area (Å²) in [6.07, 6.45) is 0. The van der Waals surface area contributed by atoms with E-state index in [9.17, 15) is 10.1 Å². The maximum atomic E-state index is 10.9. The molecule has 0 aliphatic heterocycles.